The Labute approximate surface area is 112 Å². The highest BCUT2D eigenvalue weighted by molar-refractivity contribution is 5.81. The van der Waals surface area contributed by atoms with Crippen molar-refractivity contribution in [3.05, 3.63) is 0 Å². The fourth-order valence-electron chi connectivity index (χ4n) is 2.16. The minimum absolute atomic E-state index is 0.0288. The minimum Gasteiger partial charge on any atom is -0.341 e. The summed E-state index contributed by atoms with van der Waals surface area (Å²) in [5, 5.41) is 0. The molecule has 0 radical (unpaired) electrons. The molecule has 0 aliphatic carbocycles. The van der Waals surface area contributed by atoms with Gasteiger partial charge in [-0.05, 0) is 13.0 Å². The van der Waals surface area contributed by atoms with Crippen LogP contribution in [-0.2, 0) is 4.79 Å². The predicted molar refractivity (Wildman–Crippen MR) is 67.8 cm³/mol. The van der Waals surface area contributed by atoms with Gasteiger partial charge in [0.15, 0.2) is 0 Å². The number of amides is 1. The van der Waals surface area contributed by atoms with Crippen LogP contribution in [0.15, 0.2) is 0 Å². The van der Waals surface area contributed by atoms with Crippen LogP contribution in [0.2, 0.25) is 0 Å². The van der Waals surface area contributed by atoms with E-state index in [0.717, 1.165) is 6.42 Å². The third-order valence-electron chi connectivity index (χ3n) is 3.23. The third kappa shape index (κ3) is 5.80. The van der Waals surface area contributed by atoms with Crippen molar-refractivity contribution >= 4 is 5.91 Å². The van der Waals surface area contributed by atoms with Gasteiger partial charge < -0.3 is 9.80 Å². The third-order valence-corrected chi connectivity index (χ3v) is 3.23. The van der Waals surface area contributed by atoms with Crippen molar-refractivity contribution in [1.29, 1.82) is 0 Å². The molecular formula is C13H23F3N2O. The molecule has 19 heavy (non-hydrogen) atoms. The summed E-state index contributed by atoms with van der Waals surface area (Å²) in [7, 11) is 0. The molecule has 6 heteroatoms. The van der Waals surface area contributed by atoms with Crippen LogP contribution in [0.3, 0.4) is 0 Å². The lowest BCUT2D eigenvalue weighted by atomic mass is 9.94. The van der Waals surface area contributed by atoms with E-state index >= 15 is 0 Å². The van der Waals surface area contributed by atoms with Gasteiger partial charge in [0.1, 0.15) is 0 Å². The summed E-state index contributed by atoms with van der Waals surface area (Å²) in [5.74, 6) is 0.0742. The van der Waals surface area contributed by atoms with Crippen LogP contribution >= 0.6 is 0 Å². The topological polar surface area (TPSA) is 23.6 Å². The summed E-state index contributed by atoms with van der Waals surface area (Å²) in [6, 6.07) is 0. The molecule has 1 heterocycles. The highest BCUT2D eigenvalue weighted by Crippen LogP contribution is 2.21. The van der Waals surface area contributed by atoms with Crippen LogP contribution in [0, 0.1) is 5.41 Å². The zero-order valence-corrected chi connectivity index (χ0v) is 11.9. The van der Waals surface area contributed by atoms with Gasteiger partial charge in [-0.15, -0.1) is 0 Å². The van der Waals surface area contributed by atoms with Gasteiger partial charge in [0.2, 0.25) is 5.91 Å². The SMILES string of the molecule is CC(C)(C)C(=O)N1CCCN(CCC(F)(F)F)CC1. The predicted octanol–water partition coefficient (Wildman–Crippen LogP) is 2.52. The second-order valence-corrected chi connectivity index (χ2v) is 6.10. The Morgan fingerprint density at radius 1 is 1.05 bits per heavy atom. The standard InChI is InChI=1S/C13H23F3N2O/c1-12(2,3)11(19)18-7-4-6-17(9-10-18)8-5-13(14,15)16/h4-10H2,1-3H3. The Balaban J connectivity index is 2.46. The van der Waals surface area contributed by atoms with Crippen molar-refractivity contribution in [3.63, 3.8) is 0 Å². The first-order valence-corrected chi connectivity index (χ1v) is 6.68. The van der Waals surface area contributed by atoms with Gasteiger partial charge in [-0.3, -0.25) is 4.79 Å². The summed E-state index contributed by atoms with van der Waals surface area (Å²) in [5.41, 5.74) is -0.429. The van der Waals surface area contributed by atoms with E-state index in [0.29, 0.717) is 26.2 Å². The first-order chi connectivity index (χ1) is 8.59. The highest BCUT2D eigenvalue weighted by atomic mass is 19.4. The smallest absolute Gasteiger partial charge is 0.341 e. The van der Waals surface area contributed by atoms with Gasteiger partial charge in [-0.1, -0.05) is 20.8 Å². The minimum atomic E-state index is -4.10. The molecule has 1 aliphatic rings. The summed E-state index contributed by atoms with van der Waals surface area (Å²) in [4.78, 5) is 15.7. The molecule has 1 fully saturated rings. The van der Waals surface area contributed by atoms with E-state index in [2.05, 4.69) is 0 Å². The van der Waals surface area contributed by atoms with Crippen molar-refractivity contribution in [2.45, 2.75) is 39.8 Å². The molecule has 0 spiro atoms. The summed E-state index contributed by atoms with van der Waals surface area (Å²) in [6.45, 7) is 7.93. The molecule has 0 N–H and O–H groups in total. The van der Waals surface area contributed by atoms with Gasteiger partial charge in [0.25, 0.3) is 0 Å². The second-order valence-electron chi connectivity index (χ2n) is 6.10. The number of hydrogen-bond donors (Lipinski definition) is 0. The molecule has 112 valence electrons. The molecule has 0 aromatic rings. The molecule has 0 saturated carbocycles. The Morgan fingerprint density at radius 3 is 2.21 bits per heavy atom. The van der Waals surface area contributed by atoms with Gasteiger partial charge >= 0.3 is 6.18 Å². The van der Waals surface area contributed by atoms with Crippen LogP contribution in [0.25, 0.3) is 0 Å². The van der Waals surface area contributed by atoms with E-state index in [1.54, 1.807) is 9.80 Å². The molecule has 1 aliphatic heterocycles. The first kappa shape index (κ1) is 16.3. The Hall–Kier alpha value is -0.780. The molecule has 1 saturated heterocycles. The zero-order valence-electron chi connectivity index (χ0n) is 11.9. The van der Waals surface area contributed by atoms with Crippen molar-refractivity contribution < 1.29 is 18.0 Å². The summed E-state index contributed by atoms with van der Waals surface area (Å²) >= 11 is 0. The monoisotopic (exact) mass is 280 g/mol. The number of carbonyl (C=O) groups is 1. The largest absolute Gasteiger partial charge is 0.390 e. The quantitative estimate of drug-likeness (QED) is 0.776. The van der Waals surface area contributed by atoms with Crippen LogP contribution < -0.4 is 0 Å². The number of nitrogens with zero attached hydrogens (tertiary/aromatic N) is 2. The molecule has 1 rings (SSSR count). The van der Waals surface area contributed by atoms with E-state index in [1.165, 1.54) is 0 Å². The molecule has 1 amide bonds. The fraction of sp³-hybridized carbons (Fsp3) is 0.923. The van der Waals surface area contributed by atoms with Crippen LogP contribution in [0.5, 0.6) is 0 Å². The maximum absolute atomic E-state index is 12.2. The Bertz CT molecular complexity index is 310. The molecule has 3 nitrogen and oxygen atoms in total. The number of hydrogen-bond acceptors (Lipinski definition) is 2. The van der Waals surface area contributed by atoms with E-state index < -0.39 is 18.0 Å². The van der Waals surface area contributed by atoms with E-state index in [1.807, 2.05) is 20.8 Å². The Kier molecular flexibility index (Phi) is 5.24. The van der Waals surface area contributed by atoms with E-state index in [-0.39, 0.29) is 12.5 Å². The normalized spacial score (nSPS) is 19.4. The van der Waals surface area contributed by atoms with Crippen molar-refractivity contribution in [3.8, 4) is 0 Å². The van der Waals surface area contributed by atoms with Crippen LogP contribution in [0.1, 0.15) is 33.6 Å². The Morgan fingerprint density at radius 2 is 1.68 bits per heavy atom. The average molecular weight is 280 g/mol. The van der Waals surface area contributed by atoms with Crippen LogP contribution in [-0.4, -0.2) is 54.6 Å². The van der Waals surface area contributed by atoms with E-state index in [4.69, 9.17) is 0 Å². The number of alkyl halides is 3. The summed E-state index contributed by atoms with van der Waals surface area (Å²) < 4.78 is 36.5. The van der Waals surface area contributed by atoms with Gasteiger partial charge in [-0.25, -0.2) is 0 Å². The molecule has 0 unspecified atom stereocenters. The van der Waals surface area contributed by atoms with Crippen molar-refractivity contribution in [2.75, 3.05) is 32.7 Å². The van der Waals surface area contributed by atoms with E-state index in [9.17, 15) is 18.0 Å². The lowest BCUT2D eigenvalue weighted by Crippen LogP contribution is -2.41. The van der Waals surface area contributed by atoms with Crippen LogP contribution in [0.4, 0.5) is 13.2 Å². The number of carbonyl (C=O) groups excluding carboxylic acids is 1. The maximum Gasteiger partial charge on any atom is 0.390 e. The fourth-order valence-corrected chi connectivity index (χ4v) is 2.16. The van der Waals surface area contributed by atoms with Gasteiger partial charge in [0.05, 0.1) is 6.42 Å². The number of rotatable bonds is 2. The first-order valence-electron chi connectivity index (χ1n) is 6.68. The molecule has 0 bridgehead atoms. The maximum atomic E-state index is 12.2. The lowest BCUT2D eigenvalue weighted by Gasteiger charge is -2.28. The molecule has 0 atom stereocenters. The lowest BCUT2D eigenvalue weighted by molar-refractivity contribution is -0.140. The zero-order chi connectivity index (χ0) is 14.7. The average Bonchev–Trinajstić information content (AvgIpc) is 2.48. The van der Waals surface area contributed by atoms with Crippen molar-refractivity contribution in [1.82, 2.24) is 9.80 Å². The molecule has 0 aromatic carbocycles. The highest BCUT2D eigenvalue weighted by Gasteiger charge is 2.30. The summed E-state index contributed by atoms with van der Waals surface area (Å²) in [6.07, 6.45) is -4.15. The second kappa shape index (κ2) is 6.11. The molecule has 0 aromatic heterocycles. The van der Waals surface area contributed by atoms with Crippen molar-refractivity contribution in [2.24, 2.45) is 5.41 Å². The molecular weight excluding hydrogens is 257 g/mol. The number of halogens is 3. The van der Waals surface area contributed by atoms with Gasteiger partial charge in [-0.2, -0.15) is 13.2 Å². The van der Waals surface area contributed by atoms with Gasteiger partial charge in [0, 0.05) is 31.6 Å².